The number of benzene rings is 10. The molecule has 0 radical (unpaired) electrons. The van der Waals surface area contributed by atoms with Gasteiger partial charge in [-0.25, -0.2) is 0 Å². The average molecular weight is 916 g/mol. The lowest BCUT2D eigenvalue weighted by atomic mass is 9.31. The van der Waals surface area contributed by atoms with Crippen LogP contribution in [0.25, 0.3) is 40.3 Å². The van der Waals surface area contributed by atoms with Crippen LogP contribution in [-0.4, -0.2) is 13.4 Å². The van der Waals surface area contributed by atoms with Crippen LogP contribution >= 0.6 is 34.4 Å². The number of hydrogen-bond donors (Lipinski definition) is 0. The molecule has 0 unspecified atom stereocenters. The molecule has 0 aliphatic carbocycles. The largest absolute Gasteiger partial charge is 0.311 e. The van der Waals surface area contributed by atoms with E-state index >= 15 is 0 Å². The Balaban J connectivity index is 1.01. The fourth-order valence-corrected chi connectivity index (χ4v) is 15.9. The molecule has 16 rings (SSSR count). The number of para-hydroxylation sites is 3. The highest BCUT2D eigenvalue weighted by atomic mass is 32.2. The molecule has 0 spiro atoms. The Labute approximate surface area is 406 Å². The molecule has 314 valence electrons. The minimum atomic E-state index is -0.0124. The van der Waals surface area contributed by atoms with Crippen LogP contribution in [0.2, 0.25) is 0 Å². The van der Waals surface area contributed by atoms with Gasteiger partial charge in [0, 0.05) is 80.5 Å². The van der Waals surface area contributed by atoms with E-state index in [1.165, 1.54) is 128 Å². The standard InChI is InChI=1S/C60H35B2N3S3/c1-4-16-36(17-5-1)63-47-24-14-25-48-55(47)61(43-32-30-41-39-22-10-12-27-51(39)67-59(41)57(43)64(48)37-18-6-2-7-19-37)45-34-46-54(35-50(45)63)66-53-29-15-26-49-56(53)62(46)44-33-31-42-40-23-11-13-28-52(40)68-60(42)58(44)65(49)38-20-8-3-9-21-38/h1-35H. The highest BCUT2D eigenvalue weighted by Crippen LogP contribution is 2.51. The fraction of sp³-hybridized carbons (Fsp3) is 0. The van der Waals surface area contributed by atoms with Crippen LogP contribution in [0.5, 0.6) is 0 Å². The monoisotopic (exact) mass is 915 g/mol. The maximum absolute atomic E-state index is 2.65. The normalized spacial score (nSPS) is 14.0. The van der Waals surface area contributed by atoms with E-state index in [1.807, 2.05) is 34.4 Å². The number of hydrogen-bond acceptors (Lipinski definition) is 6. The summed E-state index contributed by atoms with van der Waals surface area (Å²) in [6.45, 7) is 0.0183. The topological polar surface area (TPSA) is 9.72 Å². The molecular weight excluding hydrogens is 881 g/mol. The van der Waals surface area contributed by atoms with E-state index in [0.717, 1.165) is 5.69 Å². The Morgan fingerprint density at radius 1 is 0.309 bits per heavy atom. The molecule has 4 aliphatic rings. The third kappa shape index (κ3) is 5.01. The van der Waals surface area contributed by atoms with Crippen molar-refractivity contribution in [1.29, 1.82) is 0 Å². The first-order valence-corrected chi connectivity index (χ1v) is 25.8. The van der Waals surface area contributed by atoms with E-state index in [9.17, 15) is 0 Å². The third-order valence-corrected chi connectivity index (χ3v) is 18.4. The van der Waals surface area contributed by atoms with Crippen LogP contribution in [0.3, 0.4) is 0 Å². The molecule has 0 bridgehead atoms. The summed E-state index contributed by atoms with van der Waals surface area (Å²) in [5.41, 5.74) is 19.2. The summed E-state index contributed by atoms with van der Waals surface area (Å²) < 4.78 is 5.31. The van der Waals surface area contributed by atoms with Crippen molar-refractivity contribution < 1.29 is 0 Å². The van der Waals surface area contributed by atoms with Crippen molar-refractivity contribution in [3.8, 4) is 0 Å². The van der Waals surface area contributed by atoms with E-state index < -0.39 is 0 Å². The van der Waals surface area contributed by atoms with Gasteiger partial charge in [-0.3, -0.25) is 0 Å². The highest BCUT2D eigenvalue weighted by molar-refractivity contribution is 8.00. The number of thiophene rings is 2. The first-order valence-electron chi connectivity index (χ1n) is 23.3. The molecule has 3 nitrogen and oxygen atoms in total. The maximum Gasteiger partial charge on any atom is 0.252 e. The molecule has 12 aromatic rings. The molecular formula is C60H35B2N3S3. The summed E-state index contributed by atoms with van der Waals surface area (Å²) in [6, 6.07) is 79.9. The van der Waals surface area contributed by atoms with Gasteiger partial charge in [0.05, 0.1) is 20.8 Å². The van der Waals surface area contributed by atoms with Gasteiger partial charge in [-0.1, -0.05) is 151 Å². The van der Waals surface area contributed by atoms with Crippen LogP contribution < -0.4 is 47.5 Å². The first-order chi connectivity index (χ1) is 33.8. The molecule has 0 N–H and O–H groups in total. The molecule has 0 saturated heterocycles. The van der Waals surface area contributed by atoms with Crippen molar-refractivity contribution in [2.75, 3.05) is 14.7 Å². The van der Waals surface area contributed by atoms with Crippen molar-refractivity contribution in [3.63, 3.8) is 0 Å². The number of fused-ring (bicyclic) bond motifs is 16. The Bertz CT molecular complexity index is 4110. The third-order valence-electron chi connectivity index (χ3n) is 14.9. The van der Waals surface area contributed by atoms with Crippen molar-refractivity contribution >= 4 is 172 Å². The quantitative estimate of drug-likeness (QED) is 0.163. The predicted molar refractivity (Wildman–Crippen MR) is 296 cm³/mol. The van der Waals surface area contributed by atoms with Crippen molar-refractivity contribution in [1.82, 2.24) is 0 Å². The van der Waals surface area contributed by atoms with Gasteiger partial charge in [0.2, 0.25) is 6.71 Å². The van der Waals surface area contributed by atoms with Gasteiger partial charge in [0.1, 0.15) is 0 Å². The smallest absolute Gasteiger partial charge is 0.252 e. The number of nitrogens with zero attached hydrogens (tertiary/aromatic N) is 3. The van der Waals surface area contributed by atoms with E-state index in [-0.39, 0.29) is 13.4 Å². The minimum Gasteiger partial charge on any atom is -0.311 e. The summed E-state index contributed by atoms with van der Waals surface area (Å²) in [7, 11) is 0. The Hall–Kier alpha value is -7.48. The molecule has 0 amide bonds. The zero-order valence-corrected chi connectivity index (χ0v) is 38.9. The average Bonchev–Trinajstić information content (AvgIpc) is 3.98. The zero-order chi connectivity index (χ0) is 44.2. The van der Waals surface area contributed by atoms with E-state index in [1.54, 1.807) is 0 Å². The van der Waals surface area contributed by atoms with Gasteiger partial charge in [-0.05, 0) is 106 Å². The molecule has 0 saturated carbocycles. The molecule has 4 aliphatic heterocycles. The van der Waals surface area contributed by atoms with Gasteiger partial charge >= 0.3 is 0 Å². The molecule has 8 heteroatoms. The van der Waals surface area contributed by atoms with Gasteiger partial charge in [-0.2, -0.15) is 0 Å². The van der Waals surface area contributed by atoms with Gasteiger partial charge in [0.15, 0.2) is 0 Å². The minimum absolute atomic E-state index is 0.0124. The molecule has 0 fully saturated rings. The molecule has 0 atom stereocenters. The Morgan fingerprint density at radius 3 is 1.35 bits per heavy atom. The van der Waals surface area contributed by atoms with Crippen LogP contribution in [0, 0.1) is 0 Å². The second kappa shape index (κ2) is 14.0. The van der Waals surface area contributed by atoms with Crippen LogP contribution in [-0.2, 0) is 0 Å². The summed E-state index contributed by atoms with van der Waals surface area (Å²) in [5, 5.41) is 5.26. The van der Waals surface area contributed by atoms with Gasteiger partial charge in [-0.15, -0.1) is 22.7 Å². The predicted octanol–water partition coefficient (Wildman–Crippen LogP) is 13.3. The lowest BCUT2D eigenvalue weighted by molar-refractivity contribution is 1.25. The summed E-state index contributed by atoms with van der Waals surface area (Å²) in [4.78, 5) is 10.3. The second-order valence-corrected chi connectivity index (χ2v) is 21.5. The van der Waals surface area contributed by atoms with E-state index in [0.29, 0.717) is 0 Å². The summed E-state index contributed by atoms with van der Waals surface area (Å²) in [6.07, 6.45) is 0. The van der Waals surface area contributed by atoms with E-state index in [2.05, 4.69) is 227 Å². The number of anilines is 9. The molecule has 68 heavy (non-hydrogen) atoms. The van der Waals surface area contributed by atoms with Crippen molar-refractivity contribution in [2.45, 2.75) is 9.79 Å². The molecule has 6 heterocycles. The lowest BCUT2D eigenvalue weighted by Gasteiger charge is -2.45. The van der Waals surface area contributed by atoms with Crippen molar-refractivity contribution in [3.05, 3.63) is 212 Å². The van der Waals surface area contributed by atoms with Crippen LogP contribution in [0.4, 0.5) is 51.2 Å². The molecule has 10 aromatic carbocycles. The van der Waals surface area contributed by atoms with Crippen LogP contribution in [0.15, 0.2) is 222 Å². The fourth-order valence-electron chi connectivity index (χ4n) is 12.2. The highest BCUT2D eigenvalue weighted by Gasteiger charge is 2.47. The van der Waals surface area contributed by atoms with Crippen LogP contribution in [0.1, 0.15) is 0 Å². The SMILES string of the molecule is c1ccc(N2c3cc4c(cc3B3c5ccc6c(sc7ccccc76)c5N(c5ccccc5)c5cccc2c53)B2c3ccc5c(sc6ccccc65)c3N(c3ccccc3)c3cccc(c32)S4)cc1. The van der Waals surface area contributed by atoms with Gasteiger partial charge in [0.25, 0.3) is 6.71 Å². The first kappa shape index (κ1) is 37.6. The zero-order valence-electron chi connectivity index (χ0n) is 36.4. The summed E-state index contributed by atoms with van der Waals surface area (Å²) in [5.74, 6) is 0. The Morgan fingerprint density at radius 2 is 0.779 bits per heavy atom. The lowest BCUT2D eigenvalue weighted by Crippen LogP contribution is -2.64. The molecule has 2 aromatic heterocycles. The summed E-state index contributed by atoms with van der Waals surface area (Å²) >= 11 is 5.79. The Kier molecular flexibility index (Phi) is 7.76. The maximum atomic E-state index is 2.65. The number of rotatable bonds is 3. The van der Waals surface area contributed by atoms with E-state index in [4.69, 9.17) is 0 Å². The second-order valence-electron chi connectivity index (χ2n) is 18.3. The van der Waals surface area contributed by atoms with Gasteiger partial charge < -0.3 is 14.7 Å². The van der Waals surface area contributed by atoms with Crippen molar-refractivity contribution in [2.24, 2.45) is 0 Å².